The highest BCUT2D eigenvalue weighted by atomic mass is 35.5. The third kappa shape index (κ3) is 5.70. The van der Waals surface area contributed by atoms with Crippen LogP contribution in [0.2, 0.25) is 5.02 Å². The van der Waals surface area contributed by atoms with E-state index in [9.17, 15) is 4.79 Å². The second-order valence-corrected chi connectivity index (χ2v) is 7.36. The molecular weight excluding hydrogens is 362 g/mol. The van der Waals surface area contributed by atoms with Crippen LogP contribution in [0.4, 0.5) is 5.69 Å². The third-order valence-electron chi connectivity index (χ3n) is 4.79. The molecule has 1 saturated heterocycles. The molecule has 0 radical (unpaired) electrons. The summed E-state index contributed by atoms with van der Waals surface area (Å²) in [5, 5.41) is 3.58. The fraction of sp³-hybridized carbons (Fsp3) is 0.381. The van der Waals surface area contributed by atoms with Crippen molar-refractivity contribution in [2.75, 3.05) is 45.2 Å². The molecule has 1 fully saturated rings. The molecule has 0 unspecified atom stereocenters. The van der Waals surface area contributed by atoms with E-state index in [1.807, 2.05) is 18.2 Å². The van der Waals surface area contributed by atoms with Gasteiger partial charge in [0.25, 0.3) is 0 Å². The first-order chi connectivity index (χ1) is 13.0. The minimum absolute atomic E-state index is 0.00567. The minimum atomic E-state index is 0.00567. The van der Waals surface area contributed by atoms with Crippen molar-refractivity contribution in [2.24, 2.45) is 0 Å². The maximum absolute atomic E-state index is 12.2. The Morgan fingerprint density at radius 3 is 2.41 bits per heavy atom. The number of amides is 1. The Balaban J connectivity index is 1.47. The average molecular weight is 388 g/mol. The van der Waals surface area contributed by atoms with Gasteiger partial charge in [-0.25, -0.2) is 0 Å². The summed E-state index contributed by atoms with van der Waals surface area (Å²) in [6, 6.07) is 13.5. The summed E-state index contributed by atoms with van der Waals surface area (Å²) in [4.78, 5) is 16.8. The van der Waals surface area contributed by atoms with Crippen molar-refractivity contribution >= 4 is 23.2 Å². The fourth-order valence-corrected chi connectivity index (χ4v) is 3.44. The number of aryl methyl sites for hydroxylation is 1. The zero-order valence-electron chi connectivity index (χ0n) is 15.9. The quantitative estimate of drug-likeness (QED) is 0.825. The van der Waals surface area contributed by atoms with Crippen LogP contribution in [0.1, 0.15) is 11.1 Å². The molecule has 0 saturated carbocycles. The number of ether oxygens (including phenoxy) is 1. The van der Waals surface area contributed by atoms with Gasteiger partial charge in [-0.3, -0.25) is 14.6 Å². The van der Waals surface area contributed by atoms with Crippen LogP contribution < -0.4 is 10.1 Å². The first-order valence-electron chi connectivity index (χ1n) is 9.17. The van der Waals surface area contributed by atoms with Gasteiger partial charge in [-0.05, 0) is 37.3 Å². The lowest BCUT2D eigenvalue weighted by Crippen LogP contribution is -2.48. The van der Waals surface area contributed by atoms with Gasteiger partial charge >= 0.3 is 0 Å². The SMILES string of the molecule is COc1ccc(C)cc1CN1CCN(CC(=O)Nc2ccc(Cl)cc2)CC1. The molecule has 0 spiro atoms. The maximum atomic E-state index is 12.2. The number of carbonyl (C=O) groups is 1. The van der Waals surface area contributed by atoms with Crippen molar-refractivity contribution in [3.8, 4) is 5.75 Å². The van der Waals surface area contributed by atoms with Gasteiger partial charge in [0.15, 0.2) is 0 Å². The van der Waals surface area contributed by atoms with E-state index in [0.717, 1.165) is 44.2 Å². The molecule has 1 aliphatic rings. The van der Waals surface area contributed by atoms with E-state index >= 15 is 0 Å². The molecule has 5 nitrogen and oxygen atoms in total. The van der Waals surface area contributed by atoms with Gasteiger partial charge < -0.3 is 10.1 Å². The van der Waals surface area contributed by atoms with E-state index in [-0.39, 0.29) is 5.91 Å². The molecule has 2 aromatic carbocycles. The van der Waals surface area contributed by atoms with E-state index in [0.29, 0.717) is 11.6 Å². The number of rotatable bonds is 6. The smallest absolute Gasteiger partial charge is 0.238 e. The van der Waals surface area contributed by atoms with Gasteiger partial charge in [0.1, 0.15) is 5.75 Å². The number of nitrogens with zero attached hydrogens (tertiary/aromatic N) is 2. The number of piperazine rings is 1. The Hall–Kier alpha value is -2.08. The molecule has 6 heteroatoms. The highest BCUT2D eigenvalue weighted by molar-refractivity contribution is 6.30. The number of hydrogen-bond donors (Lipinski definition) is 1. The van der Waals surface area contributed by atoms with Crippen molar-refractivity contribution in [1.29, 1.82) is 0 Å². The van der Waals surface area contributed by atoms with E-state index in [1.54, 1.807) is 19.2 Å². The van der Waals surface area contributed by atoms with Crippen LogP contribution in [-0.4, -0.2) is 55.5 Å². The highest BCUT2D eigenvalue weighted by Crippen LogP contribution is 2.22. The van der Waals surface area contributed by atoms with E-state index < -0.39 is 0 Å². The molecule has 0 atom stereocenters. The van der Waals surface area contributed by atoms with Gasteiger partial charge in [0.2, 0.25) is 5.91 Å². The largest absolute Gasteiger partial charge is 0.496 e. The van der Waals surface area contributed by atoms with Crippen LogP contribution in [0.5, 0.6) is 5.75 Å². The second-order valence-electron chi connectivity index (χ2n) is 6.92. The van der Waals surface area contributed by atoms with Crippen molar-refractivity contribution in [3.05, 3.63) is 58.6 Å². The molecule has 2 aromatic rings. The standard InChI is InChI=1S/C21H26ClN3O2/c1-16-3-8-20(27-2)17(13-16)14-24-9-11-25(12-10-24)15-21(26)23-19-6-4-18(22)5-7-19/h3-8,13H,9-12,14-15H2,1-2H3,(H,23,26). The molecular formula is C21H26ClN3O2. The minimum Gasteiger partial charge on any atom is -0.496 e. The lowest BCUT2D eigenvalue weighted by Gasteiger charge is -2.34. The number of benzene rings is 2. The Morgan fingerprint density at radius 2 is 1.74 bits per heavy atom. The first kappa shape index (κ1) is 19.7. The van der Waals surface area contributed by atoms with Gasteiger partial charge in [-0.1, -0.05) is 29.3 Å². The summed E-state index contributed by atoms with van der Waals surface area (Å²) < 4.78 is 5.48. The second kappa shape index (κ2) is 9.22. The van der Waals surface area contributed by atoms with E-state index in [4.69, 9.17) is 16.3 Å². The molecule has 27 heavy (non-hydrogen) atoms. The molecule has 1 N–H and O–H groups in total. The normalized spacial score (nSPS) is 15.5. The van der Waals surface area contributed by atoms with Gasteiger partial charge in [0.05, 0.1) is 13.7 Å². The summed E-state index contributed by atoms with van der Waals surface area (Å²) in [7, 11) is 1.71. The van der Waals surface area contributed by atoms with Crippen LogP contribution in [0.25, 0.3) is 0 Å². The van der Waals surface area contributed by atoms with Crippen LogP contribution >= 0.6 is 11.6 Å². The molecule has 144 valence electrons. The molecule has 1 heterocycles. The highest BCUT2D eigenvalue weighted by Gasteiger charge is 2.20. The van der Waals surface area contributed by atoms with E-state index in [1.165, 1.54) is 11.1 Å². The summed E-state index contributed by atoms with van der Waals surface area (Å²) in [6.45, 7) is 7.00. The van der Waals surface area contributed by atoms with Crippen LogP contribution in [0, 0.1) is 6.92 Å². The maximum Gasteiger partial charge on any atom is 0.238 e. The Morgan fingerprint density at radius 1 is 1.07 bits per heavy atom. The summed E-state index contributed by atoms with van der Waals surface area (Å²) in [5.41, 5.74) is 3.23. The molecule has 1 amide bonds. The van der Waals surface area contributed by atoms with Gasteiger partial charge in [-0.15, -0.1) is 0 Å². The molecule has 3 rings (SSSR count). The zero-order chi connectivity index (χ0) is 19.2. The Kier molecular flexibility index (Phi) is 6.72. The topological polar surface area (TPSA) is 44.8 Å². The lowest BCUT2D eigenvalue weighted by molar-refractivity contribution is -0.117. The monoisotopic (exact) mass is 387 g/mol. The van der Waals surface area contributed by atoms with Crippen molar-refractivity contribution in [3.63, 3.8) is 0 Å². The average Bonchev–Trinajstić information content (AvgIpc) is 2.65. The number of hydrogen-bond acceptors (Lipinski definition) is 4. The molecule has 1 aliphatic heterocycles. The Labute approximate surface area is 165 Å². The van der Waals surface area contributed by atoms with Crippen molar-refractivity contribution in [2.45, 2.75) is 13.5 Å². The number of carbonyl (C=O) groups excluding carboxylic acids is 1. The van der Waals surface area contributed by atoms with Crippen LogP contribution in [0.3, 0.4) is 0 Å². The van der Waals surface area contributed by atoms with Crippen molar-refractivity contribution in [1.82, 2.24) is 9.80 Å². The number of methoxy groups -OCH3 is 1. The first-order valence-corrected chi connectivity index (χ1v) is 9.55. The number of anilines is 1. The van der Waals surface area contributed by atoms with Crippen LogP contribution in [-0.2, 0) is 11.3 Å². The lowest BCUT2D eigenvalue weighted by atomic mass is 10.1. The summed E-state index contributed by atoms with van der Waals surface area (Å²) in [6.07, 6.45) is 0. The van der Waals surface area contributed by atoms with Crippen molar-refractivity contribution < 1.29 is 9.53 Å². The summed E-state index contributed by atoms with van der Waals surface area (Å²) in [5.74, 6) is 0.941. The predicted octanol–water partition coefficient (Wildman–Crippen LogP) is 3.41. The summed E-state index contributed by atoms with van der Waals surface area (Å²) >= 11 is 5.87. The Bertz CT molecular complexity index is 771. The van der Waals surface area contributed by atoms with Crippen LogP contribution in [0.15, 0.2) is 42.5 Å². The van der Waals surface area contributed by atoms with E-state index in [2.05, 4.69) is 34.2 Å². The van der Waals surface area contributed by atoms with Gasteiger partial charge in [-0.2, -0.15) is 0 Å². The van der Waals surface area contributed by atoms with Gasteiger partial charge in [0, 0.05) is 49.0 Å². The molecule has 0 aliphatic carbocycles. The predicted molar refractivity (Wildman–Crippen MR) is 110 cm³/mol. The number of nitrogens with one attached hydrogen (secondary N) is 1. The fourth-order valence-electron chi connectivity index (χ4n) is 3.31. The third-order valence-corrected chi connectivity index (χ3v) is 5.04. The zero-order valence-corrected chi connectivity index (χ0v) is 16.6. The molecule has 0 aromatic heterocycles. The number of halogens is 1. The molecule has 0 bridgehead atoms.